The maximum atomic E-state index is 12.8. The van der Waals surface area contributed by atoms with Crippen molar-refractivity contribution in [2.75, 3.05) is 33.4 Å². The Morgan fingerprint density at radius 1 is 1.14 bits per heavy atom. The van der Waals surface area contributed by atoms with Crippen molar-refractivity contribution in [1.82, 2.24) is 4.90 Å². The fraction of sp³-hybridized carbons (Fsp3) is 0.941. The van der Waals surface area contributed by atoms with Gasteiger partial charge in [-0.15, -0.1) is 0 Å². The third-order valence-electron chi connectivity index (χ3n) is 5.87. The van der Waals surface area contributed by atoms with Gasteiger partial charge in [-0.25, -0.2) is 0 Å². The lowest BCUT2D eigenvalue weighted by atomic mass is 9.83. The molecule has 1 aliphatic heterocycles. The van der Waals surface area contributed by atoms with Crippen molar-refractivity contribution in [1.29, 1.82) is 0 Å². The number of carbonyl (C=O) groups excluding carboxylic acids is 1. The van der Waals surface area contributed by atoms with E-state index in [9.17, 15) is 4.79 Å². The Balaban J connectivity index is 1.42. The number of piperidine rings is 1. The molecule has 0 aromatic rings. The second kappa shape index (κ2) is 7.28. The van der Waals surface area contributed by atoms with Crippen LogP contribution in [0.4, 0.5) is 0 Å². The Kier molecular flexibility index (Phi) is 5.37. The molecule has 2 bridgehead atoms. The normalized spacial score (nSPS) is 35.3. The van der Waals surface area contributed by atoms with Crippen LogP contribution in [0.5, 0.6) is 0 Å². The maximum Gasteiger partial charge on any atom is 0.227 e. The van der Waals surface area contributed by atoms with Crippen molar-refractivity contribution in [3.63, 3.8) is 0 Å². The van der Waals surface area contributed by atoms with E-state index in [-0.39, 0.29) is 12.0 Å². The number of rotatable bonds is 6. The summed E-state index contributed by atoms with van der Waals surface area (Å²) in [5, 5.41) is 0. The third-order valence-corrected chi connectivity index (χ3v) is 5.87. The number of amides is 1. The highest BCUT2D eigenvalue weighted by molar-refractivity contribution is 5.80. The molecule has 5 heteroatoms. The standard InChI is InChI=1S/C17H30N2O3/c1-21-9-2-10-22-14-5-7-19(8-6-14)17(20)15-12-3-4-13(11-12)16(15)18/h12-16H,2-11,18H2,1H3/t12-,13-,15+,16-/m0/s1. The van der Waals surface area contributed by atoms with Gasteiger partial charge in [-0.3, -0.25) is 4.79 Å². The number of methoxy groups -OCH3 is 1. The minimum absolute atomic E-state index is 0.0953. The summed E-state index contributed by atoms with van der Waals surface area (Å²) in [6.45, 7) is 3.16. The summed E-state index contributed by atoms with van der Waals surface area (Å²) in [6, 6.07) is 0.106. The molecule has 1 heterocycles. The molecule has 2 saturated carbocycles. The zero-order valence-electron chi connectivity index (χ0n) is 13.7. The number of likely N-dealkylation sites (tertiary alicyclic amines) is 1. The fourth-order valence-corrected chi connectivity index (χ4v) is 4.61. The van der Waals surface area contributed by atoms with Gasteiger partial charge in [-0.1, -0.05) is 0 Å². The molecule has 0 spiro atoms. The van der Waals surface area contributed by atoms with Crippen molar-refractivity contribution in [3.05, 3.63) is 0 Å². The van der Waals surface area contributed by atoms with Crippen LogP contribution in [0.15, 0.2) is 0 Å². The number of fused-ring (bicyclic) bond motifs is 2. The molecular weight excluding hydrogens is 280 g/mol. The molecule has 1 saturated heterocycles. The van der Waals surface area contributed by atoms with Crippen LogP contribution in [0.1, 0.15) is 38.5 Å². The van der Waals surface area contributed by atoms with Gasteiger partial charge in [0, 0.05) is 39.5 Å². The van der Waals surface area contributed by atoms with E-state index in [1.54, 1.807) is 7.11 Å². The van der Waals surface area contributed by atoms with Gasteiger partial charge in [0.05, 0.1) is 12.0 Å². The van der Waals surface area contributed by atoms with E-state index in [1.807, 2.05) is 4.90 Å². The zero-order valence-corrected chi connectivity index (χ0v) is 13.7. The average molecular weight is 310 g/mol. The Morgan fingerprint density at radius 3 is 2.50 bits per heavy atom. The van der Waals surface area contributed by atoms with Gasteiger partial charge in [0.1, 0.15) is 0 Å². The summed E-state index contributed by atoms with van der Waals surface area (Å²) in [5.74, 6) is 1.56. The quantitative estimate of drug-likeness (QED) is 0.753. The van der Waals surface area contributed by atoms with Crippen LogP contribution in [0.2, 0.25) is 0 Å². The largest absolute Gasteiger partial charge is 0.385 e. The van der Waals surface area contributed by atoms with Gasteiger partial charge in [0.25, 0.3) is 0 Å². The molecule has 22 heavy (non-hydrogen) atoms. The molecule has 5 nitrogen and oxygen atoms in total. The van der Waals surface area contributed by atoms with Crippen molar-refractivity contribution in [2.24, 2.45) is 23.5 Å². The summed E-state index contributed by atoms with van der Waals surface area (Å²) >= 11 is 0. The summed E-state index contributed by atoms with van der Waals surface area (Å²) in [5.41, 5.74) is 6.31. The molecule has 0 unspecified atom stereocenters. The van der Waals surface area contributed by atoms with Crippen LogP contribution >= 0.6 is 0 Å². The summed E-state index contributed by atoms with van der Waals surface area (Å²) < 4.78 is 10.9. The minimum atomic E-state index is 0.0953. The number of carbonyl (C=O) groups is 1. The highest BCUT2D eigenvalue weighted by Gasteiger charge is 2.50. The fourth-order valence-electron chi connectivity index (χ4n) is 4.61. The van der Waals surface area contributed by atoms with Crippen LogP contribution in [0.25, 0.3) is 0 Å². The van der Waals surface area contributed by atoms with Crippen molar-refractivity contribution < 1.29 is 14.3 Å². The zero-order chi connectivity index (χ0) is 15.5. The van der Waals surface area contributed by atoms with E-state index >= 15 is 0 Å². The van der Waals surface area contributed by atoms with E-state index in [0.717, 1.165) is 45.6 Å². The Hall–Kier alpha value is -0.650. The van der Waals surface area contributed by atoms with E-state index in [4.69, 9.17) is 15.2 Å². The van der Waals surface area contributed by atoms with E-state index in [1.165, 1.54) is 19.3 Å². The van der Waals surface area contributed by atoms with Crippen molar-refractivity contribution in [2.45, 2.75) is 50.7 Å². The minimum Gasteiger partial charge on any atom is -0.385 e. The summed E-state index contributed by atoms with van der Waals surface area (Å²) in [7, 11) is 1.71. The molecule has 0 aromatic carbocycles. The molecular formula is C17H30N2O3. The lowest BCUT2D eigenvalue weighted by Crippen LogP contribution is -2.50. The summed E-state index contributed by atoms with van der Waals surface area (Å²) in [6.07, 6.45) is 6.76. The summed E-state index contributed by atoms with van der Waals surface area (Å²) in [4.78, 5) is 14.8. The van der Waals surface area contributed by atoms with E-state index < -0.39 is 0 Å². The molecule has 2 aliphatic carbocycles. The first-order valence-electron chi connectivity index (χ1n) is 8.85. The van der Waals surface area contributed by atoms with Crippen LogP contribution < -0.4 is 5.73 Å². The average Bonchev–Trinajstić information content (AvgIpc) is 3.13. The lowest BCUT2D eigenvalue weighted by molar-refractivity contribution is -0.140. The first kappa shape index (κ1) is 16.2. The van der Waals surface area contributed by atoms with Gasteiger partial charge in [0.15, 0.2) is 0 Å². The highest BCUT2D eigenvalue weighted by atomic mass is 16.5. The second-order valence-corrected chi connectivity index (χ2v) is 7.18. The SMILES string of the molecule is COCCCOC1CCN(C(=O)[C@@H]2[C@H]3CC[C@@H](C3)[C@@H]2N)CC1. The van der Waals surface area contributed by atoms with E-state index in [0.29, 0.717) is 23.8 Å². The molecule has 126 valence electrons. The van der Waals surface area contributed by atoms with Gasteiger partial charge in [-0.2, -0.15) is 0 Å². The van der Waals surface area contributed by atoms with Gasteiger partial charge in [-0.05, 0) is 50.4 Å². The highest BCUT2D eigenvalue weighted by Crippen LogP contribution is 2.48. The Morgan fingerprint density at radius 2 is 1.86 bits per heavy atom. The molecule has 3 aliphatic rings. The van der Waals surface area contributed by atoms with Crippen molar-refractivity contribution >= 4 is 5.91 Å². The van der Waals surface area contributed by atoms with Gasteiger partial charge in [0.2, 0.25) is 5.91 Å². The predicted octanol–water partition coefficient (Wildman–Crippen LogP) is 1.40. The topological polar surface area (TPSA) is 64.8 Å². The van der Waals surface area contributed by atoms with E-state index in [2.05, 4.69) is 0 Å². The van der Waals surface area contributed by atoms with Crippen molar-refractivity contribution in [3.8, 4) is 0 Å². The Labute approximate surface area is 133 Å². The first-order valence-corrected chi connectivity index (χ1v) is 8.85. The number of hydrogen-bond acceptors (Lipinski definition) is 4. The molecule has 4 atom stereocenters. The number of ether oxygens (including phenoxy) is 2. The molecule has 0 radical (unpaired) electrons. The monoisotopic (exact) mass is 310 g/mol. The molecule has 3 fully saturated rings. The van der Waals surface area contributed by atoms with Gasteiger partial charge < -0.3 is 20.1 Å². The number of nitrogens with zero attached hydrogens (tertiary/aromatic N) is 1. The first-order chi connectivity index (χ1) is 10.7. The second-order valence-electron chi connectivity index (χ2n) is 7.18. The van der Waals surface area contributed by atoms with Crippen LogP contribution in [-0.2, 0) is 14.3 Å². The molecule has 1 amide bonds. The molecule has 2 N–H and O–H groups in total. The lowest BCUT2D eigenvalue weighted by Gasteiger charge is -2.37. The van der Waals surface area contributed by atoms with Crippen LogP contribution in [0.3, 0.4) is 0 Å². The molecule has 3 rings (SSSR count). The third kappa shape index (κ3) is 3.31. The predicted molar refractivity (Wildman–Crippen MR) is 84.3 cm³/mol. The molecule has 0 aromatic heterocycles. The maximum absolute atomic E-state index is 12.8. The Bertz CT molecular complexity index is 380. The number of hydrogen-bond donors (Lipinski definition) is 1. The number of nitrogens with two attached hydrogens (primary N) is 1. The van der Waals surface area contributed by atoms with Gasteiger partial charge >= 0.3 is 0 Å². The smallest absolute Gasteiger partial charge is 0.227 e. The van der Waals surface area contributed by atoms with Crippen LogP contribution in [-0.4, -0.2) is 56.4 Å². The van der Waals surface area contributed by atoms with Crippen LogP contribution in [0, 0.1) is 17.8 Å².